The summed E-state index contributed by atoms with van der Waals surface area (Å²) in [5.41, 5.74) is 1.20. The van der Waals surface area contributed by atoms with Crippen LogP contribution in [0.2, 0.25) is 5.02 Å². The van der Waals surface area contributed by atoms with Gasteiger partial charge in [-0.25, -0.2) is 0 Å². The molecule has 3 amide bonds. The summed E-state index contributed by atoms with van der Waals surface area (Å²) in [6.45, 7) is 0.235. The Balaban J connectivity index is 1.12. The minimum absolute atomic E-state index is 0.0709. The number of halogens is 1. The summed E-state index contributed by atoms with van der Waals surface area (Å²) in [4.78, 5) is 54.0. The van der Waals surface area contributed by atoms with E-state index in [1.54, 1.807) is 53.4 Å². The number of hydrogen-bond donors (Lipinski definition) is 0. The van der Waals surface area contributed by atoms with Crippen molar-refractivity contribution in [3.8, 4) is 5.75 Å². The number of anilines is 2. The van der Waals surface area contributed by atoms with Crippen molar-refractivity contribution in [2.45, 2.75) is 25.7 Å². The van der Waals surface area contributed by atoms with E-state index in [0.29, 0.717) is 34.0 Å². The van der Waals surface area contributed by atoms with Crippen LogP contribution in [0.1, 0.15) is 25.7 Å². The van der Waals surface area contributed by atoms with E-state index in [1.807, 2.05) is 0 Å². The third-order valence-electron chi connectivity index (χ3n) is 7.84. The van der Waals surface area contributed by atoms with E-state index in [9.17, 15) is 19.2 Å². The van der Waals surface area contributed by atoms with Gasteiger partial charge in [-0.05, 0) is 79.6 Å². The van der Waals surface area contributed by atoms with Gasteiger partial charge in [-0.3, -0.25) is 24.1 Å². The van der Waals surface area contributed by atoms with E-state index in [0.717, 1.165) is 19.3 Å². The lowest BCUT2D eigenvalue weighted by Crippen LogP contribution is -2.32. The molecular weight excluding hydrogens is 456 g/mol. The summed E-state index contributed by atoms with van der Waals surface area (Å²) in [7, 11) is 0. The maximum atomic E-state index is 13.0. The molecule has 2 bridgehead atoms. The highest BCUT2D eigenvalue weighted by Gasteiger charge is 2.61. The Kier molecular flexibility index (Phi) is 4.99. The van der Waals surface area contributed by atoms with Gasteiger partial charge in [-0.15, -0.1) is 0 Å². The lowest BCUT2D eigenvalue weighted by atomic mass is 9.81. The molecule has 2 aromatic carbocycles. The lowest BCUT2D eigenvalue weighted by molar-refractivity contribution is -0.139. The van der Waals surface area contributed by atoms with Gasteiger partial charge in [0.25, 0.3) is 0 Å². The van der Waals surface area contributed by atoms with Gasteiger partial charge in [0, 0.05) is 23.7 Å². The minimum Gasteiger partial charge on any atom is -0.426 e. The summed E-state index contributed by atoms with van der Waals surface area (Å²) >= 11 is 5.91. The van der Waals surface area contributed by atoms with Gasteiger partial charge < -0.3 is 9.64 Å². The quantitative estimate of drug-likeness (QED) is 0.379. The maximum absolute atomic E-state index is 13.0. The van der Waals surface area contributed by atoms with Crippen LogP contribution in [0.4, 0.5) is 11.4 Å². The summed E-state index contributed by atoms with van der Waals surface area (Å²) in [6.07, 6.45) is 3.13. The molecule has 7 nitrogen and oxygen atoms in total. The van der Waals surface area contributed by atoms with Gasteiger partial charge in [-0.1, -0.05) is 11.6 Å². The second-order valence-electron chi connectivity index (χ2n) is 9.69. The molecule has 2 aliphatic carbocycles. The van der Waals surface area contributed by atoms with Crippen LogP contribution in [0.5, 0.6) is 5.75 Å². The van der Waals surface area contributed by atoms with Crippen molar-refractivity contribution in [1.29, 1.82) is 0 Å². The highest BCUT2D eigenvalue weighted by molar-refractivity contribution is 6.30. The van der Waals surface area contributed by atoms with Crippen molar-refractivity contribution in [3.63, 3.8) is 0 Å². The number of amides is 3. The van der Waals surface area contributed by atoms with Gasteiger partial charge in [0.15, 0.2) is 0 Å². The molecule has 2 heterocycles. The summed E-state index contributed by atoms with van der Waals surface area (Å²) in [6, 6.07) is 13.3. The predicted octanol–water partition coefficient (Wildman–Crippen LogP) is 3.83. The fourth-order valence-electron chi connectivity index (χ4n) is 6.26. The molecule has 0 spiro atoms. The number of esters is 1. The van der Waals surface area contributed by atoms with Gasteiger partial charge in [0.1, 0.15) is 5.75 Å². The van der Waals surface area contributed by atoms with Crippen molar-refractivity contribution in [1.82, 2.24) is 0 Å². The number of benzene rings is 2. The maximum Gasteiger partial charge on any atom is 0.316 e. The molecule has 174 valence electrons. The van der Waals surface area contributed by atoms with Crippen molar-refractivity contribution in [2.75, 3.05) is 16.3 Å². The first-order valence-electron chi connectivity index (χ1n) is 11.7. The molecule has 0 unspecified atom stereocenters. The number of imide groups is 1. The van der Waals surface area contributed by atoms with Crippen LogP contribution >= 0.6 is 11.6 Å². The van der Waals surface area contributed by atoms with E-state index in [2.05, 4.69) is 0 Å². The fourth-order valence-corrected chi connectivity index (χ4v) is 6.39. The number of ether oxygens (including phenoxy) is 1. The molecule has 2 aliphatic heterocycles. The predicted molar refractivity (Wildman–Crippen MR) is 124 cm³/mol. The molecule has 0 radical (unpaired) electrons. The van der Waals surface area contributed by atoms with E-state index in [-0.39, 0.29) is 42.5 Å². The number of carbonyl (C=O) groups is 4. The van der Waals surface area contributed by atoms with Crippen LogP contribution in [0.25, 0.3) is 0 Å². The third kappa shape index (κ3) is 3.33. The molecule has 34 heavy (non-hydrogen) atoms. The van der Waals surface area contributed by atoms with Crippen LogP contribution in [0, 0.1) is 29.6 Å². The van der Waals surface area contributed by atoms with Crippen molar-refractivity contribution >= 4 is 46.7 Å². The number of fused-ring (bicyclic) bond motifs is 5. The zero-order valence-corrected chi connectivity index (χ0v) is 19.1. The molecule has 4 fully saturated rings. The first-order chi connectivity index (χ1) is 16.4. The Bertz CT molecular complexity index is 1170. The molecule has 4 aliphatic rings. The van der Waals surface area contributed by atoms with E-state index in [4.69, 9.17) is 16.3 Å². The SMILES string of the molecule is O=C(Oc1ccc(N2C(=O)[C@@H]3[C@H]4CC[C@@H](C4)[C@@H]3C2=O)cc1)[C@@H]1CC(=O)N(c2ccc(Cl)cc2)C1. The largest absolute Gasteiger partial charge is 0.426 e. The number of nitrogens with zero attached hydrogens (tertiary/aromatic N) is 2. The van der Waals surface area contributed by atoms with Gasteiger partial charge in [0.05, 0.1) is 23.4 Å². The molecular formula is C26H23ClN2O5. The van der Waals surface area contributed by atoms with E-state index in [1.165, 1.54) is 4.90 Å². The zero-order chi connectivity index (χ0) is 23.6. The van der Waals surface area contributed by atoms with Gasteiger partial charge in [0.2, 0.25) is 17.7 Å². The highest BCUT2D eigenvalue weighted by atomic mass is 35.5. The zero-order valence-electron chi connectivity index (χ0n) is 18.4. The highest BCUT2D eigenvalue weighted by Crippen LogP contribution is 2.56. The number of rotatable bonds is 4. The van der Waals surface area contributed by atoms with Crippen LogP contribution in [0.3, 0.4) is 0 Å². The normalized spacial score (nSPS) is 29.8. The van der Waals surface area contributed by atoms with Crippen LogP contribution in [0.15, 0.2) is 48.5 Å². The Labute approximate surface area is 201 Å². The first-order valence-corrected chi connectivity index (χ1v) is 12.0. The van der Waals surface area contributed by atoms with Crippen LogP contribution < -0.4 is 14.5 Å². The van der Waals surface area contributed by atoms with E-state index >= 15 is 0 Å². The summed E-state index contributed by atoms with van der Waals surface area (Å²) in [5.74, 6) is -0.791. The Morgan fingerprint density at radius 2 is 1.44 bits per heavy atom. The number of carbonyl (C=O) groups excluding carboxylic acids is 4. The molecule has 5 atom stereocenters. The third-order valence-corrected chi connectivity index (χ3v) is 8.09. The molecule has 2 saturated carbocycles. The van der Waals surface area contributed by atoms with Crippen LogP contribution in [-0.2, 0) is 19.2 Å². The van der Waals surface area contributed by atoms with Crippen molar-refractivity contribution < 1.29 is 23.9 Å². The fraction of sp³-hybridized carbons (Fsp3) is 0.385. The molecule has 2 aromatic rings. The van der Waals surface area contributed by atoms with Crippen molar-refractivity contribution in [2.24, 2.45) is 29.6 Å². The molecule has 0 aromatic heterocycles. The monoisotopic (exact) mass is 478 g/mol. The van der Waals surface area contributed by atoms with Gasteiger partial charge >= 0.3 is 5.97 Å². The minimum atomic E-state index is -0.584. The summed E-state index contributed by atoms with van der Waals surface area (Å²) < 4.78 is 5.51. The molecule has 8 heteroatoms. The smallest absolute Gasteiger partial charge is 0.316 e. The molecule has 0 N–H and O–H groups in total. The number of hydrogen-bond acceptors (Lipinski definition) is 5. The lowest BCUT2D eigenvalue weighted by Gasteiger charge is -2.19. The summed E-state index contributed by atoms with van der Waals surface area (Å²) in [5, 5.41) is 0.572. The average Bonchev–Trinajstić information content (AvgIpc) is 3.59. The standard InChI is InChI=1S/C26H23ClN2O5/c27-17-3-5-18(6-4-17)28-13-16(12-21(28)30)26(33)34-20-9-7-19(8-10-20)29-24(31)22-14-1-2-15(11-14)23(22)25(29)32/h3-10,14-16,22-23H,1-2,11-13H2/t14-,15-,16+,22-,23+/m0/s1. The molecule has 6 rings (SSSR count). The first kappa shape index (κ1) is 21.4. The topological polar surface area (TPSA) is 84.0 Å². The second-order valence-corrected chi connectivity index (χ2v) is 10.1. The van der Waals surface area contributed by atoms with E-state index < -0.39 is 11.9 Å². The van der Waals surface area contributed by atoms with Crippen LogP contribution in [-0.4, -0.2) is 30.2 Å². The molecule has 2 saturated heterocycles. The Morgan fingerprint density at radius 3 is 2.06 bits per heavy atom. The Hall–Kier alpha value is -3.19. The Morgan fingerprint density at radius 1 is 0.853 bits per heavy atom. The average molecular weight is 479 g/mol. The second kappa shape index (κ2) is 7.94. The van der Waals surface area contributed by atoms with Crippen molar-refractivity contribution in [3.05, 3.63) is 53.6 Å². The van der Waals surface area contributed by atoms with Gasteiger partial charge in [-0.2, -0.15) is 0 Å².